The van der Waals surface area contributed by atoms with Gasteiger partial charge in [0.25, 0.3) is 0 Å². The Balaban J connectivity index is 1.71. The topological polar surface area (TPSA) is 90.7 Å². The van der Waals surface area contributed by atoms with E-state index in [0.29, 0.717) is 6.54 Å². The van der Waals surface area contributed by atoms with Crippen LogP contribution >= 0.6 is 0 Å². The molecule has 7 nitrogen and oxygen atoms in total. The predicted molar refractivity (Wildman–Crippen MR) is 93.1 cm³/mol. The Morgan fingerprint density at radius 2 is 1.62 bits per heavy atom. The van der Waals surface area contributed by atoms with E-state index in [1.54, 1.807) is 0 Å². The van der Waals surface area contributed by atoms with Crippen molar-refractivity contribution in [2.75, 3.05) is 46.3 Å². The summed E-state index contributed by atoms with van der Waals surface area (Å²) in [5.41, 5.74) is 7.48. The van der Waals surface area contributed by atoms with E-state index in [1.165, 1.54) is 5.56 Å². The monoisotopic (exact) mass is 333 g/mol. The Morgan fingerprint density at radius 1 is 1.00 bits per heavy atom. The third-order valence-electron chi connectivity index (χ3n) is 4.15. The van der Waals surface area contributed by atoms with Gasteiger partial charge in [-0.2, -0.15) is 0 Å². The van der Waals surface area contributed by atoms with Crippen LogP contribution in [0.3, 0.4) is 0 Å². The molecule has 0 bridgehead atoms. The highest BCUT2D eigenvalue weighted by Gasteiger charge is 2.13. The van der Waals surface area contributed by atoms with E-state index in [9.17, 15) is 9.59 Å². The summed E-state index contributed by atoms with van der Waals surface area (Å²) in [4.78, 5) is 27.4. The average molecular weight is 333 g/mol. The maximum Gasteiger partial charge on any atom is 0.239 e. The number of rotatable bonds is 7. The van der Waals surface area contributed by atoms with Crippen molar-refractivity contribution in [2.24, 2.45) is 5.73 Å². The van der Waals surface area contributed by atoms with Crippen LogP contribution in [0.25, 0.3) is 0 Å². The van der Waals surface area contributed by atoms with Crippen LogP contribution in [0.5, 0.6) is 0 Å². The Bertz CT molecular complexity index is 538. The summed E-state index contributed by atoms with van der Waals surface area (Å²) in [6, 6.07) is 8.28. The molecule has 1 saturated heterocycles. The molecule has 4 N–H and O–H groups in total. The van der Waals surface area contributed by atoms with Gasteiger partial charge in [-0.15, -0.1) is 0 Å². The number of carbonyl (C=O) groups excluding carboxylic acids is 2. The van der Waals surface area contributed by atoms with Gasteiger partial charge in [-0.25, -0.2) is 0 Å². The van der Waals surface area contributed by atoms with Crippen molar-refractivity contribution in [3.8, 4) is 0 Å². The Hall–Kier alpha value is -1.96. The molecule has 2 amide bonds. The van der Waals surface area contributed by atoms with Crippen molar-refractivity contribution in [3.05, 3.63) is 35.4 Å². The molecule has 1 aliphatic heterocycles. The van der Waals surface area contributed by atoms with Crippen molar-refractivity contribution in [3.63, 3.8) is 0 Å². The van der Waals surface area contributed by atoms with Crippen LogP contribution in [0.1, 0.15) is 11.1 Å². The molecule has 24 heavy (non-hydrogen) atoms. The molecule has 0 radical (unpaired) electrons. The van der Waals surface area contributed by atoms with Gasteiger partial charge in [0, 0.05) is 39.3 Å². The van der Waals surface area contributed by atoms with Gasteiger partial charge in [0.1, 0.15) is 0 Å². The first-order valence-corrected chi connectivity index (χ1v) is 8.29. The standard InChI is InChI=1S/C17H27N5O2/c1-21-6-8-22(9-7-21)13-15-4-2-14(3-5-15)11-19-17(24)12-20-16(23)10-18/h2-5H,6-13,18H2,1H3,(H,19,24)(H,20,23). The molecule has 1 fully saturated rings. The molecule has 2 rings (SSSR count). The molecule has 1 aliphatic rings. The van der Waals surface area contributed by atoms with E-state index in [0.717, 1.165) is 38.3 Å². The lowest BCUT2D eigenvalue weighted by Crippen LogP contribution is -2.43. The second-order valence-electron chi connectivity index (χ2n) is 6.15. The Kier molecular flexibility index (Phi) is 7.17. The lowest BCUT2D eigenvalue weighted by Gasteiger charge is -2.32. The lowest BCUT2D eigenvalue weighted by atomic mass is 10.1. The molecular weight excluding hydrogens is 306 g/mol. The summed E-state index contributed by atoms with van der Waals surface area (Å²) in [7, 11) is 2.15. The van der Waals surface area contributed by atoms with Crippen LogP contribution in [0.15, 0.2) is 24.3 Å². The predicted octanol–water partition coefficient (Wildman–Crippen LogP) is -0.875. The first-order chi connectivity index (χ1) is 11.6. The smallest absolute Gasteiger partial charge is 0.239 e. The van der Waals surface area contributed by atoms with Crippen molar-refractivity contribution < 1.29 is 9.59 Å². The number of hydrogen-bond acceptors (Lipinski definition) is 5. The molecule has 1 heterocycles. The van der Waals surface area contributed by atoms with E-state index in [1.807, 2.05) is 12.1 Å². The fourth-order valence-corrected chi connectivity index (χ4v) is 2.54. The number of nitrogens with one attached hydrogen (secondary N) is 2. The highest BCUT2D eigenvalue weighted by Crippen LogP contribution is 2.09. The van der Waals surface area contributed by atoms with Gasteiger partial charge in [-0.05, 0) is 18.2 Å². The molecule has 0 unspecified atom stereocenters. The van der Waals surface area contributed by atoms with Gasteiger partial charge in [0.15, 0.2) is 0 Å². The van der Waals surface area contributed by atoms with Gasteiger partial charge in [0.05, 0.1) is 13.1 Å². The van der Waals surface area contributed by atoms with Crippen molar-refractivity contribution in [1.29, 1.82) is 0 Å². The molecule has 7 heteroatoms. The zero-order chi connectivity index (χ0) is 17.4. The molecule has 0 spiro atoms. The summed E-state index contributed by atoms with van der Waals surface area (Å²) < 4.78 is 0. The second kappa shape index (κ2) is 9.36. The second-order valence-corrected chi connectivity index (χ2v) is 6.15. The molecule has 0 aliphatic carbocycles. The number of likely N-dealkylation sites (N-methyl/N-ethyl adjacent to an activating group) is 1. The van der Waals surface area contributed by atoms with Gasteiger partial charge < -0.3 is 21.3 Å². The number of nitrogens with zero attached hydrogens (tertiary/aromatic N) is 2. The minimum absolute atomic E-state index is 0.0441. The van der Waals surface area contributed by atoms with Crippen LogP contribution in [-0.2, 0) is 22.7 Å². The first kappa shape index (κ1) is 18.4. The average Bonchev–Trinajstić information content (AvgIpc) is 2.61. The van der Waals surface area contributed by atoms with E-state index < -0.39 is 0 Å². The maximum atomic E-state index is 11.6. The lowest BCUT2D eigenvalue weighted by molar-refractivity contribution is -0.125. The fourth-order valence-electron chi connectivity index (χ4n) is 2.54. The molecule has 0 aromatic heterocycles. The first-order valence-electron chi connectivity index (χ1n) is 8.29. The van der Waals surface area contributed by atoms with E-state index in [2.05, 4.69) is 39.6 Å². The third-order valence-corrected chi connectivity index (χ3v) is 4.15. The van der Waals surface area contributed by atoms with Gasteiger partial charge >= 0.3 is 0 Å². The number of nitrogens with two attached hydrogens (primary N) is 1. The largest absolute Gasteiger partial charge is 0.350 e. The quantitative estimate of drug-likeness (QED) is 0.603. The van der Waals surface area contributed by atoms with Crippen LogP contribution in [0.2, 0.25) is 0 Å². The third kappa shape index (κ3) is 6.27. The normalized spacial score (nSPS) is 15.9. The zero-order valence-corrected chi connectivity index (χ0v) is 14.3. The van der Waals surface area contributed by atoms with Gasteiger partial charge in [0.2, 0.25) is 11.8 Å². The number of benzene rings is 1. The van der Waals surface area contributed by atoms with Crippen molar-refractivity contribution in [1.82, 2.24) is 20.4 Å². The van der Waals surface area contributed by atoms with Crippen LogP contribution in [0.4, 0.5) is 0 Å². The Morgan fingerprint density at radius 3 is 2.25 bits per heavy atom. The summed E-state index contributed by atoms with van der Waals surface area (Å²) in [6.45, 7) is 5.69. The fraction of sp³-hybridized carbons (Fsp3) is 0.529. The number of carbonyl (C=O) groups is 2. The van der Waals surface area contributed by atoms with Crippen molar-refractivity contribution in [2.45, 2.75) is 13.1 Å². The maximum absolute atomic E-state index is 11.6. The summed E-state index contributed by atoms with van der Waals surface area (Å²) in [6.07, 6.45) is 0. The van der Waals surface area contributed by atoms with Gasteiger partial charge in [-0.3, -0.25) is 14.5 Å². The molecular formula is C17H27N5O2. The van der Waals surface area contributed by atoms with Crippen LogP contribution in [0, 0.1) is 0 Å². The van der Waals surface area contributed by atoms with E-state index in [-0.39, 0.29) is 24.9 Å². The minimum Gasteiger partial charge on any atom is -0.350 e. The summed E-state index contributed by atoms with van der Waals surface area (Å²) in [5, 5.41) is 5.21. The van der Waals surface area contributed by atoms with Crippen LogP contribution in [-0.4, -0.2) is 67.9 Å². The van der Waals surface area contributed by atoms with Crippen LogP contribution < -0.4 is 16.4 Å². The van der Waals surface area contributed by atoms with E-state index in [4.69, 9.17) is 5.73 Å². The van der Waals surface area contributed by atoms with Crippen molar-refractivity contribution >= 4 is 11.8 Å². The SMILES string of the molecule is CN1CCN(Cc2ccc(CNC(=O)CNC(=O)CN)cc2)CC1. The minimum atomic E-state index is -0.335. The van der Waals surface area contributed by atoms with Gasteiger partial charge in [-0.1, -0.05) is 24.3 Å². The number of amides is 2. The van der Waals surface area contributed by atoms with E-state index >= 15 is 0 Å². The molecule has 0 saturated carbocycles. The summed E-state index contributed by atoms with van der Waals surface area (Å²) >= 11 is 0. The number of hydrogen-bond donors (Lipinski definition) is 3. The Labute approximate surface area is 143 Å². The number of piperazine rings is 1. The summed E-state index contributed by atoms with van der Waals surface area (Å²) in [5.74, 6) is -0.559. The molecule has 0 atom stereocenters. The zero-order valence-electron chi connectivity index (χ0n) is 14.3. The molecule has 1 aromatic rings. The molecule has 132 valence electrons. The highest BCUT2D eigenvalue weighted by atomic mass is 16.2. The highest BCUT2D eigenvalue weighted by molar-refractivity contribution is 5.85. The molecule has 1 aromatic carbocycles.